The third kappa shape index (κ3) is 2.50. The first-order chi connectivity index (χ1) is 9.69. The molecule has 8 heteroatoms. The van der Waals surface area contributed by atoms with Crippen molar-refractivity contribution in [2.45, 2.75) is 10.9 Å². The summed E-state index contributed by atoms with van der Waals surface area (Å²) in [5.74, 6) is 0.948. The molecule has 3 heterocycles. The van der Waals surface area contributed by atoms with Gasteiger partial charge in [0, 0.05) is 17.0 Å². The van der Waals surface area contributed by atoms with Crippen LogP contribution >= 0.6 is 27.3 Å². The molecule has 5 nitrogen and oxygen atoms in total. The maximum atomic E-state index is 12.4. The number of H-pyrrole nitrogens is 1. The van der Waals surface area contributed by atoms with E-state index in [4.69, 9.17) is 4.74 Å². The molecule has 3 rings (SSSR count). The number of aromatic amines is 1. The maximum Gasteiger partial charge on any atom is 0.197 e. The predicted molar refractivity (Wildman–Crippen MR) is 82.6 cm³/mol. The van der Waals surface area contributed by atoms with Crippen LogP contribution in [0.5, 0.6) is 5.75 Å². The smallest absolute Gasteiger partial charge is 0.197 e. The zero-order valence-corrected chi connectivity index (χ0v) is 13.6. The highest BCUT2D eigenvalue weighted by Crippen LogP contribution is 2.28. The highest BCUT2D eigenvalue weighted by Gasteiger charge is 2.15. The second-order valence-corrected chi connectivity index (χ2v) is 6.88. The van der Waals surface area contributed by atoms with E-state index in [1.54, 1.807) is 30.7 Å². The SMILES string of the molecule is COc1ccnc(CS(=O)c2nc3cscc3[nH]2)c1Br. The predicted octanol–water partition coefficient (Wildman–Crippen LogP) is 3.10. The number of hydrogen-bond acceptors (Lipinski definition) is 5. The van der Waals surface area contributed by atoms with Crippen molar-refractivity contribution in [3.8, 4) is 5.75 Å². The number of halogens is 1. The molecule has 3 aromatic rings. The van der Waals surface area contributed by atoms with Crippen LogP contribution in [-0.2, 0) is 16.6 Å². The van der Waals surface area contributed by atoms with E-state index in [1.807, 2.05) is 10.8 Å². The van der Waals surface area contributed by atoms with Gasteiger partial charge in [0.15, 0.2) is 5.16 Å². The van der Waals surface area contributed by atoms with Gasteiger partial charge in [-0.3, -0.25) is 9.19 Å². The van der Waals surface area contributed by atoms with Gasteiger partial charge in [-0.25, -0.2) is 4.98 Å². The molecular formula is C12H10BrN3O2S2. The van der Waals surface area contributed by atoms with Crippen LogP contribution < -0.4 is 4.74 Å². The average Bonchev–Trinajstić information content (AvgIpc) is 3.02. The summed E-state index contributed by atoms with van der Waals surface area (Å²) in [5, 5.41) is 4.34. The van der Waals surface area contributed by atoms with E-state index < -0.39 is 10.8 Å². The topological polar surface area (TPSA) is 67.9 Å². The van der Waals surface area contributed by atoms with Crippen molar-refractivity contribution in [1.29, 1.82) is 0 Å². The number of methoxy groups -OCH3 is 1. The molecule has 20 heavy (non-hydrogen) atoms. The molecule has 0 bridgehead atoms. The lowest BCUT2D eigenvalue weighted by Crippen LogP contribution is -2.02. The summed E-state index contributed by atoms with van der Waals surface area (Å²) < 4.78 is 18.3. The minimum absolute atomic E-state index is 0.275. The molecule has 0 aliphatic heterocycles. The van der Waals surface area contributed by atoms with Crippen LogP contribution in [0.3, 0.4) is 0 Å². The quantitative estimate of drug-likeness (QED) is 0.764. The van der Waals surface area contributed by atoms with Crippen LogP contribution in [0.1, 0.15) is 5.69 Å². The van der Waals surface area contributed by atoms with Gasteiger partial charge in [0.25, 0.3) is 0 Å². The molecule has 0 saturated carbocycles. The maximum absolute atomic E-state index is 12.4. The molecule has 0 amide bonds. The van der Waals surface area contributed by atoms with Gasteiger partial charge in [0.1, 0.15) is 11.3 Å². The van der Waals surface area contributed by atoms with E-state index in [1.165, 1.54) is 0 Å². The molecule has 0 spiro atoms. The number of thiophene rings is 1. The zero-order chi connectivity index (χ0) is 14.1. The second kappa shape index (κ2) is 5.63. The van der Waals surface area contributed by atoms with Crippen molar-refractivity contribution in [1.82, 2.24) is 15.0 Å². The first kappa shape index (κ1) is 13.7. The normalized spacial score (nSPS) is 12.7. The third-order valence-electron chi connectivity index (χ3n) is 2.73. The molecule has 0 saturated heterocycles. The van der Waals surface area contributed by atoms with Crippen LogP contribution in [0.25, 0.3) is 11.0 Å². The Morgan fingerprint density at radius 1 is 1.50 bits per heavy atom. The van der Waals surface area contributed by atoms with Crippen molar-refractivity contribution >= 4 is 49.1 Å². The van der Waals surface area contributed by atoms with Gasteiger partial charge >= 0.3 is 0 Å². The third-order valence-corrected chi connectivity index (χ3v) is 5.47. The van der Waals surface area contributed by atoms with Crippen molar-refractivity contribution in [2.24, 2.45) is 0 Å². The summed E-state index contributed by atoms with van der Waals surface area (Å²) >= 11 is 4.98. The Balaban J connectivity index is 1.87. The number of pyridine rings is 1. The number of hydrogen-bond donors (Lipinski definition) is 1. The summed E-state index contributed by atoms with van der Waals surface area (Å²) in [6.07, 6.45) is 1.64. The Morgan fingerprint density at radius 3 is 3.10 bits per heavy atom. The summed E-state index contributed by atoms with van der Waals surface area (Å²) in [7, 11) is 0.309. The van der Waals surface area contributed by atoms with Gasteiger partial charge in [0.2, 0.25) is 0 Å². The number of nitrogens with zero attached hydrogens (tertiary/aromatic N) is 2. The van der Waals surface area contributed by atoms with Crippen molar-refractivity contribution in [3.63, 3.8) is 0 Å². The molecule has 0 aliphatic carbocycles. The standard InChI is InChI=1S/C12H10BrN3O2S2/c1-18-10-2-3-14-9(11(10)13)6-20(17)12-15-7-4-19-5-8(7)16-12/h2-5H,6H2,1H3,(H,15,16). The van der Waals surface area contributed by atoms with Crippen LogP contribution in [0, 0.1) is 0 Å². The fraction of sp³-hybridized carbons (Fsp3) is 0.167. The minimum atomic E-state index is -1.28. The summed E-state index contributed by atoms with van der Waals surface area (Å²) in [4.78, 5) is 11.6. The highest BCUT2D eigenvalue weighted by atomic mass is 79.9. The summed E-state index contributed by atoms with van der Waals surface area (Å²) in [5.41, 5.74) is 2.44. The lowest BCUT2D eigenvalue weighted by molar-refractivity contribution is 0.411. The minimum Gasteiger partial charge on any atom is -0.495 e. The van der Waals surface area contributed by atoms with E-state index in [9.17, 15) is 4.21 Å². The number of aromatic nitrogens is 3. The monoisotopic (exact) mass is 371 g/mol. The van der Waals surface area contributed by atoms with Crippen molar-refractivity contribution in [2.75, 3.05) is 7.11 Å². The van der Waals surface area contributed by atoms with Gasteiger partial charge in [0.05, 0.1) is 39.3 Å². The highest BCUT2D eigenvalue weighted by molar-refractivity contribution is 9.10. The fourth-order valence-electron chi connectivity index (χ4n) is 1.75. The molecule has 1 N–H and O–H groups in total. The van der Waals surface area contributed by atoms with Crippen molar-refractivity contribution in [3.05, 3.63) is 33.2 Å². The van der Waals surface area contributed by atoms with Crippen molar-refractivity contribution < 1.29 is 8.95 Å². The molecule has 0 radical (unpaired) electrons. The average molecular weight is 372 g/mol. The molecule has 0 aromatic carbocycles. The van der Waals surface area contributed by atoms with Gasteiger partial charge in [-0.05, 0) is 22.0 Å². The van der Waals surface area contributed by atoms with E-state index in [2.05, 4.69) is 30.9 Å². The van der Waals surface area contributed by atoms with Gasteiger partial charge in [-0.1, -0.05) is 0 Å². The van der Waals surface area contributed by atoms with Gasteiger partial charge in [-0.15, -0.1) is 11.3 Å². The van der Waals surface area contributed by atoms with E-state index >= 15 is 0 Å². The number of imidazole rings is 1. The van der Waals surface area contributed by atoms with E-state index in [-0.39, 0.29) is 5.75 Å². The van der Waals surface area contributed by atoms with E-state index in [0.717, 1.165) is 15.5 Å². The fourth-order valence-corrected chi connectivity index (χ4v) is 4.19. The Hall–Kier alpha value is -1.25. The lowest BCUT2D eigenvalue weighted by Gasteiger charge is -2.06. The number of rotatable bonds is 4. The Kier molecular flexibility index (Phi) is 3.86. The molecular weight excluding hydrogens is 362 g/mol. The van der Waals surface area contributed by atoms with Gasteiger partial charge in [-0.2, -0.15) is 0 Å². The van der Waals surface area contributed by atoms with Crippen LogP contribution in [0.15, 0.2) is 32.7 Å². The molecule has 1 unspecified atom stereocenters. The number of ether oxygens (including phenoxy) is 1. The van der Waals surface area contributed by atoms with Gasteiger partial charge < -0.3 is 9.72 Å². The second-order valence-electron chi connectivity index (χ2n) is 3.98. The molecule has 0 fully saturated rings. The van der Waals surface area contributed by atoms with Crippen LogP contribution in [-0.4, -0.2) is 26.3 Å². The first-order valence-corrected chi connectivity index (χ1v) is 8.72. The van der Waals surface area contributed by atoms with Crippen LogP contribution in [0.4, 0.5) is 0 Å². The molecule has 3 aromatic heterocycles. The van der Waals surface area contributed by atoms with E-state index in [0.29, 0.717) is 16.6 Å². The Bertz CT molecular complexity index is 755. The molecule has 104 valence electrons. The lowest BCUT2D eigenvalue weighted by atomic mass is 10.3. The zero-order valence-electron chi connectivity index (χ0n) is 10.4. The van der Waals surface area contributed by atoms with Crippen LogP contribution in [0.2, 0.25) is 0 Å². The molecule has 0 aliphatic rings. The Labute approximate surface area is 130 Å². The largest absolute Gasteiger partial charge is 0.495 e. The summed E-state index contributed by atoms with van der Waals surface area (Å²) in [6.45, 7) is 0. The number of fused-ring (bicyclic) bond motifs is 1. The number of nitrogens with one attached hydrogen (secondary N) is 1. The summed E-state index contributed by atoms with van der Waals surface area (Å²) in [6, 6.07) is 1.75. The Morgan fingerprint density at radius 2 is 2.35 bits per heavy atom. The molecule has 1 atom stereocenters. The first-order valence-electron chi connectivity index (χ1n) is 5.66.